The molecule has 13 nitrogen and oxygen atoms in total. The van der Waals surface area contributed by atoms with Gasteiger partial charge in [-0.1, -0.05) is 26.2 Å². The van der Waals surface area contributed by atoms with E-state index in [4.69, 9.17) is 27.9 Å². The minimum absolute atomic E-state index is 0.00209. The summed E-state index contributed by atoms with van der Waals surface area (Å²) in [6, 6.07) is 4.75. The number of phenolic OH excluding ortho intramolecular Hbond substituents is 1. The number of carbonyl (C=O) groups excluding carboxylic acids is 1. The first-order valence-corrected chi connectivity index (χ1v) is 14.9. The molecule has 226 valence electrons. The van der Waals surface area contributed by atoms with E-state index in [1.165, 1.54) is 0 Å². The summed E-state index contributed by atoms with van der Waals surface area (Å²) < 4.78 is 0. The van der Waals surface area contributed by atoms with Crippen LogP contribution in [0.15, 0.2) is 18.2 Å². The SMILES string of the molecule is CCCCCCC(=O)N(CC)c1ccc(Nc2nc(N3CC(N)CC(N)C3)nc(N3CC(N)CC(N)C3)n2)cc1O. The van der Waals surface area contributed by atoms with Crippen molar-refractivity contribution in [1.29, 1.82) is 0 Å². The molecule has 2 aliphatic heterocycles. The predicted molar refractivity (Wildman–Crippen MR) is 164 cm³/mol. The third-order valence-corrected chi connectivity index (χ3v) is 7.59. The Kier molecular flexibility index (Phi) is 10.5. The highest BCUT2D eigenvalue weighted by molar-refractivity contribution is 5.95. The zero-order valence-electron chi connectivity index (χ0n) is 24.4. The van der Waals surface area contributed by atoms with Crippen LogP contribution < -0.4 is 43.0 Å². The average molecular weight is 570 g/mol. The topological polar surface area (TPSA) is 202 Å². The summed E-state index contributed by atoms with van der Waals surface area (Å²) in [4.78, 5) is 32.6. The Morgan fingerprint density at radius 2 is 1.46 bits per heavy atom. The lowest BCUT2D eigenvalue weighted by atomic mass is 10.0. The number of phenols is 1. The fourth-order valence-corrected chi connectivity index (χ4v) is 5.65. The van der Waals surface area contributed by atoms with Gasteiger partial charge in [0.05, 0.1) is 5.69 Å². The number of amides is 1. The van der Waals surface area contributed by atoms with Gasteiger partial charge in [-0.2, -0.15) is 15.0 Å². The fourth-order valence-electron chi connectivity index (χ4n) is 5.65. The summed E-state index contributed by atoms with van der Waals surface area (Å²) >= 11 is 0. The third kappa shape index (κ3) is 8.15. The van der Waals surface area contributed by atoms with Crippen molar-refractivity contribution in [3.63, 3.8) is 0 Å². The Hall–Kier alpha value is -3.26. The summed E-state index contributed by atoms with van der Waals surface area (Å²) in [6.07, 6.45) is 6.01. The number of aromatic hydroxyl groups is 1. The number of nitrogens with two attached hydrogens (primary N) is 4. The van der Waals surface area contributed by atoms with Gasteiger partial charge < -0.3 is 48.1 Å². The second kappa shape index (κ2) is 14.1. The van der Waals surface area contributed by atoms with Crippen molar-refractivity contribution in [1.82, 2.24) is 15.0 Å². The van der Waals surface area contributed by atoms with Gasteiger partial charge in [-0.25, -0.2) is 0 Å². The number of piperidine rings is 2. The van der Waals surface area contributed by atoms with Crippen LogP contribution in [-0.2, 0) is 4.79 Å². The Balaban J connectivity index is 1.58. The van der Waals surface area contributed by atoms with Crippen LogP contribution in [0.5, 0.6) is 5.75 Å². The summed E-state index contributed by atoms with van der Waals surface area (Å²) in [5.74, 6) is 1.22. The number of hydrogen-bond donors (Lipinski definition) is 6. The molecule has 1 aromatic heterocycles. The summed E-state index contributed by atoms with van der Waals surface area (Å²) in [5.41, 5.74) is 26.1. The Labute approximate surface area is 242 Å². The van der Waals surface area contributed by atoms with E-state index in [-0.39, 0.29) is 35.8 Å². The fraction of sp³-hybridized carbons (Fsp3) is 0.643. The van der Waals surface area contributed by atoms with Crippen LogP contribution in [0.4, 0.5) is 29.2 Å². The lowest BCUT2D eigenvalue weighted by molar-refractivity contribution is -0.118. The molecule has 4 atom stereocenters. The number of nitrogens with one attached hydrogen (secondary N) is 1. The number of anilines is 5. The van der Waals surface area contributed by atoms with Gasteiger partial charge >= 0.3 is 0 Å². The molecule has 0 aliphatic carbocycles. The molecule has 2 aliphatic rings. The number of carbonyl (C=O) groups is 1. The molecule has 41 heavy (non-hydrogen) atoms. The van der Waals surface area contributed by atoms with Crippen molar-refractivity contribution in [3.05, 3.63) is 18.2 Å². The number of unbranched alkanes of at least 4 members (excludes halogenated alkanes) is 3. The highest BCUT2D eigenvalue weighted by Gasteiger charge is 2.29. The maximum absolute atomic E-state index is 12.9. The number of rotatable bonds is 11. The molecule has 1 aromatic carbocycles. The first kappa shape index (κ1) is 30.7. The summed E-state index contributed by atoms with van der Waals surface area (Å²) in [7, 11) is 0. The van der Waals surface area contributed by atoms with Gasteiger partial charge in [0.2, 0.25) is 23.8 Å². The quantitative estimate of drug-likeness (QED) is 0.213. The molecule has 1 amide bonds. The molecule has 2 aromatic rings. The van der Waals surface area contributed by atoms with Crippen molar-refractivity contribution < 1.29 is 9.90 Å². The van der Waals surface area contributed by atoms with Gasteiger partial charge in [0.1, 0.15) is 5.75 Å². The van der Waals surface area contributed by atoms with Gasteiger partial charge in [0, 0.05) is 75.1 Å². The maximum Gasteiger partial charge on any atom is 0.233 e. The van der Waals surface area contributed by atoms with Crippen LogP contribution in [0, 0.1) is 0 Å². The van der Waals surface area contributed by atoms with Crippen molar-refractivity contribution >= 4 is 35.1 Å². The second-order valence-corrected chi connectivity index (χ2v) is 11.4. The second-order valence-electron chi connectivity index (χ2n) is 11.4. The van der Waals surface area contributed by atoms with Crippen molar-refractivity contribution in [3.8, 4) is 5.75 Å². The van der Waals surface area contributed by atoms with E-state index in [1.807, 2.05) is 16.7 Å². The molecular weight excluding hydrogens is 522 g/mol. The average Bonchev–Trinajstić information content (AvgIpc) is 2.91. The van der Waals surface area contributed by atoms with Crippen molar-refractivity contribution in [2.45, 2.75) is 83.0 Å². The standard InChI is InChI=1S/C28H47N11O2/c1-3-5-6-7-8-25(41)39(4-2)23-10-9-22(13-24(23)40)33-26-34-27(37-14-18(29)11-19(30)15-37)36-28(35-26)38-16-20(31)12-21(32)17-38/h9-10,13,18-21,40H,3-8,11-12,14-17,29-32H2,1-2H3,(H,33,34,35,36). The van der Waals surface area contributed by atoms with Crippen LogP contribution in [0.25, 0.3) is 0 Å². The molecule has 4 rings (SSSR count). The molecule has 0 radical (unpaired) electrons. The lowest BCUT2D eigenvalue weighted by Crippen LogP contribution is -2.54. The summed E-state index contributed by atoms with van der Waals surface area (Å²) in [5, 5.41) is 14.1. The highest BCUT2D eigenvalue weighted by atomic mass is 16.3. The zero-order valence-corrected chi connectivity index (χ0v) is 24.4. The normalized spacial score (nSPS) is 23.0. The van der Waals surface area contributed by atoms with E-state index in [0.29, 0.717) is 68.4 Å². The lowest BCUT2D eigenvalue weighted by Gasteiger charge is -2.37. The number of hydrogen-bond acceptors (Lipinski definition) is 12. The van der Waals surface area contributed by atoms with E-state index in [9.17, 15) is 9.90 Å². The first-order valence-electron chi connectivity index (χ1n) is 14.9. The molecule has 2 fully saturated rings. The highest BCUT2D eigenvalue weighted by Crippen LogP contribution is 2.32. The number of benzene rings is 1. The Bertz CT molecular complexity index is 1100. The molecular formula is C28H47N11O2. The van der Waals surface area contributed by atoms with E-state index in [1.54, 1.807) is 23.1 Å². The molecule has 10 N–H and O–H groups in total. The van der Waals surface area contributed by atoms with Crippen molar-refractivity contribution in [2.75, 3.05) is 52.7 Å². The molecule has 0 bridgehead atoms. The predicted octanol–water partition coefficient (Wildman–Crippen LogP) is 1.37. The largest absolute Gasteiger partial charge is 0.506 e. The number of aromatic nitrogens is 3. The van der Waals surface area contributed by atoms with E-state index >= 15 is 0 Å². The molecule has 4 unspecified atom stereocenters. The van der Waals surface area contributed by atoms with E-state index < -0.39 is 0 Å². The van der Waals surface area contributed by atoms with Crippen LogP contribution in [0.2, 0.25) is 0 Å². The number of nitrogens with zero attached hydrogens (tertiary/aromatic N) is 6. The van der Waals surface area contributed by atoms with E-state index in [0.717, 1.165) is 38.5 Å². The third-order valence-electron chi connectivity index (χ3n) is 7.59. The minimum Gasteiger partial charge on any atom is -0.506 e. The monoisotopic (exact) mass is 569 g/mol. The van der Waals surface area contributed by atoms with Gasteiger partial charge in [-0.05, 0) is 38.3 Å². The maximum atomic E-state index is 12.9. The van der Waals surface area contributed by atoms with Gasteiger partial charge in [-0.3, -0.25) is 4.79 Å². The smallest absolute Gasteiger partial charge is 0.233 e. The molecule has 0 spiro atoms. The van der Waals surface area contributed by atoms with Gasteiger partial charge in [-0.15, -0.1) is 0 Å². The Morgan fingerprint density at radius 3 is 1.95 bits per heavy atom. The molecule has 0 saturated carbocycles. The van der Waals surface area contributed by atoms with Crippen LogP contribution >= 0.6 is 0 Å². The van der Waals surface area contributed by atoms with Crippen LogP contribution in [0.3, 0.4) is 0 Å². The first-order chi connectivity index (χ1) is 19.7. The molecule has 3 heterocycles. The van der Waals surface area contributed by atoms with Gasteiger partial charge in [0.15, 0.2) is 0 Å². The minimum atomic E-state index is -0.0902. The van der Waals surface area contributed by atoms with E-state index in [2.05, 4.69) is 22.2 Å². The van der Waals surface area contributed by atoms with Crippen LogP contribution in [0.1, 0.15) is 58.8 Å². The molecule has 13 heteroatoms. The summed E-state index contributed by atoms with van der Waals surface area (Å²) in [6.45, 7) is 6.81. The van der Waals surface area contributed by atoms with Gasteiger partial charge in [0.25, 0.3) is 0 Å². The Morgan fingerprint density at radius 1 is 0.902 bits per heavy atom. The zero-order chi connectivity index (χ0) is 29.5. The van der Waals surface area contributed by atoms with Crippen molar-refractivity contribution in [2.24, 2.45) is 22.9 Å². The molecule has 2 saturated heterocycles. The van der Waals surface area contributed by atoms with Crippen LogP contribution in [-0.4, -0.2) is 82.9 Å².